The van der Waals surface area contributed by atoms with E-state index in [1.54, 1.807) is 11.3 Å². The Morgan fingerprint density at radius 3 is 3.12 bits per heavy atom. The third kappa shape index (κ3) is 1.60. The van der Waals surface area contributed by atoms with Gasteiger partial charge >= 0.3 is 0 Å². The van der Waals surface area contributed by atoms with Crippen LogP contribution in [-0.2, 0) is 6.54 Å². The number of fused-ring (bicyclic) bond motifs is 1. The molecule has 2 atom stereocenters. The van der Waals surface area contributed by atoms with Crippen LogP contribution >= 0.6 is 11.3 Å². The Balaban J connectivity index is 1.77. The van der Waals surface area contributed by atoms with Crippen molar-refractivity contribution in [3.63, 3.8) is 0 Å². The minimum absolute atomic E-state index is 0.319. The monoisotopic (exact) mass is 237 g/mol. The lowest BCUT2D eigenvalue weighted by Crippen LogP contribution is -2.43. The van der Waals surface area contributed by atoms with Crippen molar-refractivity contribution in [1.29, 1.82) is 0 Å². The van der Waals surface area contributed by atoms with E-state index in [-0.39, 0.29) is 0 Å². The highest BCUT2D eigenvalue weighted by Gasteiger charge is 2.49. The van der Waals surface area contributed by atoms with Crippen LogP contribution in [0, 0.1) is 11.8 Å². The van der Waals surface area contributed by atoms with Crippen molar-refractivity contribution in [3.8, 4) is 0 Å². The molecule has 3 heterocycles. The van der Waals surface area contributed by atoms with E-state index in [4.69, 9.17) is 0 Å². The normalized spacial score (nSPS) is 33.1. The van der Waals surface area contributed by atoms with Crippen molar-refractivity contribution in [2.24, 2.45) is 11.8 Å². The average Bonchev–Trinajstić information content (AvgIpc) is 2.89. The maximum Gasteiger partial charge on any atom is 0.107 e. The molecule has 0 radical (unpaired) electrons. The first kappa shape index (κ1) is 10.7. The van der Waals surface area contributed by atoms with Crippen LogP contribution in [0.2, 0.25) is 0 Å². The molecule has 2 unspecified atom stereocenters. The van der Waals surface area contributed by atoms with Gasteiger partial charge in [-0.1, -0.05) is 0 Å². The lowest BCUT2D eigenvalue weighted by molar-refractivity contribution is 0.132. The number of rotatable bonds is 2. The predicted octanol–water partition coefficient (Wildman–Crippen LogP) is 1.57. The molecule has 0 aliphatic carbocycles. The van der Waals surface area contributed by atoms with Crippen LogP contribution in [0.3, 0.4) is 0 Å². The number of hydrogen-bond donors (Lipinski definition) is 1. The maximum absolute atomic E-state index is 4.40. The van der Waals surface area contributed by atoms with E-state index in [0.717, 1.165) is 18.4 Å². The van der Waals surface area contributed by atoms with Crippen LogP contribution in [0.5, 0.6) is 0 Å². The molecule has 1 aromatic heterocycles. The fraction of sp³-hybridized carbons (Fsp3) is 0.750. The van der Waals surface area contributed by atoms with Gasteiger partial charge < -0.3 is 5.32 Å². The Morgan fingerprint density at radius 2 is 2.44 bits per heavy atom. The summed E-state index contributed by atoms with van der Waals surface area (Å²) in [6.45, 7) is 9.41. The zero-order valence-corrected chi connectivity index (χ0v) is 10.8. The summed E-state index contributed by atoms with van der Waals surface area (Å²) in [5, 5.41) is 6.84. The van der Waals surface area contributed by atoms with Crippen LogP contribution in [0.15, 0.2) is 11.6 Å². The van der Waals surface area contributed by atoms with Crippen molar-refractivity contribution in [2.45, 2.75) is 25.9 Å². The molecule has 0 bridgehead atoms. The van der Waals surface area contributed by atoms with Gasteiger partial charge in [-0.3, -0.25) is 4.90 Å². The lowest BCUT2D eigenvalue weighted by Gasteiger charge is -2.35. The van der Waals surface area contributed by atoms with E-state index in [2.05, 4.69) is 34.4 Å². The Bertz CT molecular complexity index is 360. The minimum atomic E-state index is 0.319. The molecule has 2 aliphatic heterocycles. The summed E-state index contributed by atoms with van der Waals surface area (Å²) in [5.41, 5.74) is 0.319. The van der Waals surface area contributed by atoms with Crippen molar-refractivity contribution in [3.05, 3.63) is 16.6 Å². The number of aromatic nitrogens is 1. The van der Waals surface area contributed by atoms with Crippen molar-refractivity contribution in [2.75, 3.05) is 19.6 Å². The summed E-state index contributed by atoms with van der Waals surface area (Å²) in [7, 11) is 0. The highest BCUT2D eigenvalue weighted by molar-refractivity contribution is 7.09. The second-order valence-corrected chi connectivity index (χ2v) is 6.46. The molecule has 0 spiro atoms. The number of nitrogens with zero attached hydrogens (tertiary/aromatic N) is 2. The second kappa shape index (κ2) is 3.79. The van der Waals surface area contributed by atoms with Gasteiger partial charge in [0.1, 0.15) is 5.01 Å². The number of likely N-dealkylation sites (tertiary alicyclic amines) is 1. The van der Waals surface area contributed by atoms with Gasteiger partial charge in [0.2, 0.25) is 0 Å². The number of nitrogens with one attached hydrogen (secondary N) is 1. The van der Waals surface area contributed by atoms with E-state index in [9.17, 15) is 0 Å². The first-order valence-electron chi connectivity index (χ1n) is 6.02. The predicted molar refractivity (Wildman–Crippen MR) is 66.5 cm³/mol. The maximum atomic E-state index is 4.40. The molecule has 0 saturated carbocycles. The summed E-state index contributed by atoms with van der Waals surface area (Å²) in [6, 6.07) is 0. The van der Waals surface area contributed by atoms with Crippen molar-refractivity contribution in [1.82, 2.24) is 15.2 Å². The van der Waals surface area contributed by atoms with Gasteiger partial charge in [-0.05, 0) is 32.2 Å². The quantitative estimate of drug-likeness (QED) is 0.846. The largest absolute Gasteiger partial charge is 0.316 e. The summed E-state index contributed by atoms with van der Waals surface area (Å²) < 4.78 is 0. The summed E-state index contributed by atoms with van der Waals surface area (Å²) in [6.07, 6.45) is 1.91. The van der Waals surface area contributed by atoms with E-state index in [0.29, 0.717) is 5.54 Å². The molecular weight excluding hydrogens is 218 g/mol. The fourth-order valence-corrected chi connectivity index (χ4v) is 3.90. The first-order valence-corrected chi connectivity index (χ1v) is 6.90. The van der Waals surface area contributed by atoms with Gasteiger partial charge in [0.15, 0.2) is 0 Å². The Kier molecular flexibility index (Phi) is 2.53. The van der Waals surface area contributed by atoms with Gasteiger partial charge in [0.05, 0.1) is 6.54 Å². The fourth-order valence-electron chi connectivity index (χ4n) is 3.27. The van der Waals surface area contributed by atoms with Gasteiger partial charge in [0, 0.05) is 30.2 Å². The minimum Gasteiger partial charge on any atom is -0.316 e. The Morgan fingerprint density at radius 1 is 1.56 bits per heavy atom. The van der Waals surface area contributed by atoms with E-state index < -0.39 is 0 Å². The molecule has 2 saturated heterocycles. The molecule has 2 aliphatic rings. The van der Waals surface area contributed by atoms with Gasteiger partial charge in [-0.25, -0.2) is 4.98 Å². The van der Waals surface area contributed by atoms with E-state index in [1.807, 2.05) is 6.20 Å². The van der Waals surface area contributed by atoms with Gasteiger partial charge in [-0.2, -0.15) is 0 Å². The highest BCUT2D eigenvalue weighted by atomic mass is 32.1. The third-order valence-corrected chi connectivity index (χ3v) is 5.09. The standard InChI is InChI=1S/C12H19N3S/c1-12(2)10-6-13-5-9(10)7-15(12)8-11-14-3-4-16-11/h3-4,9-10,13H,5-8H2,1-2H3. The molecule has 3 nitrogen and oxygen atoms in total. The first-order chi connectivity index (χ1) is 7.68. The average molecular weight is 237 g/mol. The summed E-state index contributed by atoms with van der Waals surface area (Å²) in [4.78, 5) is 7.01. The molecule has 16 heavy (non-hydrogen) atoms. The van der Waals surface area contributed by atoms with Gasteiger partial charge in [-0.15, -0.1) is 11.3 Å². The topological polar surface area (TPSA) is 28.2 Å². The Hall–Kier alpha value is -0.450. The molecule has 88 valence electrons. The molecule has 3 rings (SSSR count). The third-order valence-electron chi connectivity index (χ3n) is 4.33. The molecule has 1 N–H and O–H groups in total. The smallest absolute Gasteiger partial charge is 0.107 e. The Labute approximate surface area is 101 Å². The number of thiazole rings is 1. The zero-order valence-electron chi connectivity index (χ0n) is 9.94. The van der Waals surface area contributed by atoms with Crippen LogP contribution in [0.1, 0.15) is 18.9 Å². The second-order valence-electron chi connectivity index (χ2n) is 5.48. The van der Waals surface area contributed by atoms with Crippen LogP contribution in [-0.4, -0.2) is 35.1 Å². The van der Waals surface area contributed by atoms with Gasteiger partial charge in [0.25, 0.3) is 0 Å². The number of hydrogen-bond acceptors (Lipinski definition) is 4. The molecule has 4 heteroatoms. The van der Waals surface area contributed by atoms with Crippen LogP contribution in [0.4, 0.5) is 0 Å². The lowest BCUT2D eigenvalue weighted by atomic mass is 9.85. The zero-order chi connectivity index (χ0) is 11.2. The van der Waals surface area contributed by atoms with E-state index in [1.165, 1.54) is 24.6 Å². The summed E-state index contributed by atoms with van der Waals surface area (Å²) >= 11 is 1.77. The molecule has 0 aromatic carbocycles. The van der Waals surface area contributed by atoms with Crippen LogP contribution in [0.25, 0.3) is 0 Å². The molecule has 2 fully saturated rings. The van der Waals surface area contributed by atoms with Crippen LogP contribution < -0.4 is 5.32 Å². The van der Waals surface area contributed by atoms with Crippen molar-refractivity contribution < 1.29 is 0 Å². The molecular formula is C12H19N3S. The molecule has 0 amide bonds. The molecule has 1 aromatic rings. The van der Waals surface area contributed by atoms with Crippen molar-refractivity contribution >= 4 is 11.3 Å². The SMILES string of the molecule is CC1(C)C2CNCC2CN1Cc1nccs1. The van der Waals surface area contributed by atoms with E-state index >= 15 is 0 Å². The summed E-state index contributed by atoms with van der Waals surface area (Å²) in [5.74, 6) is 1.66. The highest BCUT2D eigenvalue weighted by Crippen LogP contribution is 2.41.